The van der Waals surface area contributed by atoms with Gasteiger partial charge in [0.05, 0.1) is 23.2 Å². The summed E-state index contributed by atoms with van der Waals surface area (Å²) in [5.41, 5.74) is 1.24. The fourth-order valence-electron chi connectivity index (χ4n) is 1.41. The van der Waals surface area contributed by atoms with E-state index in [1.54, 1.807) is 23.6 Å². The third-order valence-corrected chi connectivity index (χ3v) is 2.73. The predicted molar refractivity (Wildman–Crippen MR) is 60.8 cm³/mol. The summed E-state index contributed by atoms with van der Waals surface area (Å²) in [6, 6.07) is 6.53. The van der Waals surface area contributed by atoms with E-state index in [0.29, 0.717) is 17.0 Å². The molecular formula is C10H8N2O3S. The summed E-state index contributed by atoms with van der Waals surface area (Å²) >= 11 is 1.21. The number of rotatable bonds is 3. The van der Waals surface area contributed by atoms with E-state index in [9.17, 15) is 10.1 Å². The number of para-hydroxylation sites is 1. The number of methoxy groups -OCH3 is 1. The fraction of sp³-hybridized carbons (Fsp3) is 0.100. The number of hydrogen-bond acceptors (Lipinski definition) is 5. The molecule has 0 spiro atoms. The minimum absolute atomic E-state index is 0.0565. The minimum Gasteiger partial charge on any atom is -0.480 e. The lowest BCUT2D eigenvalue weighted by atomic mass is 10.1. The quantitative estimate of drug-likeness (QED) is 0.607. The molecule has 0 aliphatic rings. The van der Waals surface area contributed by atoms with Crippen molar-refractivity contribution < 1.29 is 9.66 Å². The Morgan fingerprint density at radius 3 is 2.81 bits per heavy atom. The monoisotopic (exact) mass is 236 g/mol. The molecule has 0 radical (unpaired) electrons. The summed E-state index contributed by atoms with van der Waals surface area (Å²) in [4.78, 5) is 10.5. The molecule has 5 nitrogen and oxygen atoms in total. The highest BCUT2D eigenvalue weighted by Crippen LogP contribution is 2.36. The standard InChI is InChI=1S/C10H8N2O3S/c1-15-10-8(6-16-11-10)7-4-2-3-5-9(7)12(13)14/h2-6H,1H3. The van der Waals surface area contributed by atoms with Crippen LogP contribution in [0.3, 0.4) is 0 Å². The third-order valence-electron chi connectivity index (χ3n) is 2.12. The van der Waals surface area contributed by atoms with Crippen molar-refractivity contribution in [2.24, 2.45) is 0 Å². The molecule has 1 aromatic heterocycles. The highest BCUT2D eigenvalue weighted by Gasteiger charge is 2.18. The van der Waals surface area contributed by atoms with E-state index in [2.05, 4.69) is 4.37 Å². The highest BCUT2D eigenvalue weighted by molar-refractivity contribution is 7.04. The van der Waals surface area contributed by atoms with Crippen LogP contribution in [0.25, 0.3) is 11.1 Å². The second-order valence-corrected chi connectivity index (χ2v) is 3.64. The largest absolute Gasteiger partial charge is 0.480 e. The average Bonchev–Trinajstić information content (AvgIpc) is 2.76. The van der Waals surface area contributed by atoms with Crippen LogP contribution >= 0.6 is 11.5 Å². The summed E-state index contributed by atoms with van der Waals surface area (Å²) in [6.07, 6.45) is 0. The maximum absolute atomic E-state index is 10.9. The molecule has 2 rings (SSSR count). The van der Waals surface area contributed by atoms with Crippen LogP contribution in [-0.4, -0.2) is 16.4 Å². The van der Waals surface area contributed by atoms with Crippen molar-refractivity contribution >= 4 is 17.2 Å². The van der Waals surface area contributed by atoms with Gasteiger partial charge >= 0.3 is 0 Å². The number of nitrogens with zero attached hydrogens (tertiary/aromatic N) is 2. The second-order valence-electron chi connectivity index (χ2n) is 3.01. The Labute approximate surface area is 95.6 Å². The van der Waals surface area contributed by atoms with E-state index in [1.165, 1.54) is 24.7 Å². The van der Waals surface area contributed by atoms with E-state index in [1.807, 2.05) is 0 Å². The molecule has 1 heterocycles. The maximum Gasteiger partial charge on any atom is 0.277 e. The van der Waals surface area contributed by atoms with Crippen molar-refractivity contribution in [1.29, 1.82) is 0 Å². The van der Waals surface area contributed by atoms with Gasteiger partial charge in [0.15, 0.2) is 0 Å². The average molecular weight is 236 g/mol. The van der Waals surface area contributed by atoms with Crippen molar-refractivity contribution in [3.05, 3.63) is 39.8 Å². The summed E-state index contributed by atoms with van der Waals surface area (Å²) in [6.45, 7) is 0. The molecule has 2 aromatic rings. The van der Waals surface area contributed by atoms with Gasteiger partial charge in [0, 0.05) is 11.4 Å². The summed E-state index contributed by atoms with van der Waals surface area (Å²) in [5.74, 6) is 0.416. The number of nitro benzene ring substituents is 1. The van der Waals surface area contributed by atoms with Gasteiger partial charge in [0.1, 0.15) is 0 Å². The van der Waals surface area contributed by atoms with E-state index >= 15 is 0 Å². The molecule has 0 bridgehead atoms. The molecule has 0 aliphatic heterocycles. The molecule has 1 aromatic carbocycles. The van der Waals surface area contributed by atoms with Gasteiger partial charge in [-0.1, -0.05) is 12.1 Å². The molecule has 0 saturated heterocycles. The molecule has 0 amide bonds. The van der Waals surface area contributed by atoms with Gasteiger partial charge < -0.3 is 4.74 Å². The van der Waals surface area contributed by atoms with Crippen LogP contribution in [0.15, 0.2) is 29.6 Å². The molecule has 82 valence electrons. The van der Waals surface area contributed by atoms with Gasteiger partial charge in [-0.25, -0.2) is 0 Å². The molecule has 0 fully saturated rings. The molecule has 6 heteroatoms. The van der Waals surface area contributed by atoms with Crippen LogP contribution in [0.2, 0.25) is 0 Å². The maximum atomic E-state index is 10.9. The van der Waals surface area contributed by atoms with Gasteiger partial charge in [0.2, 0.25) is 5.88 Å². The Balaban J connectivity index is 2.60. The van der Waals surface area contributed by atoms with E-state index < -0.39 is 4.92 Å². The topological polar surface area (TPSA) is 65.3 Å². The Kier molecular flexibility index (Phi) is 2.82. The number of aromatic nitrogens is 1. The van der Waals surface area contributed by atoms with Gasteiger partial charge in [-0.15, -0.1) is 0 Å². The predicted octanol–water partition coefficient (Wildman–Crippen LogP) is 2.73. The molecule has 0 saturated carbocycles. The van der Waals surface area contributed by atoms with Crippen LogP contribution in [0.5, 0.6) is 5.88 Å². The van der Waals surface area contributed by atoms with E-state index in [0.717, 1.165) is 0 Å². The van der Waals surface area contributed by atoms with Crippen LogP contribution in [-0.2, 0) is 0 Å². The Morgan fingerprint density at radius 1 is 1.38 bits per heavy atom. The van der Waals surface area contributed by atoms with Crippen molar-refractivity contribution in [3.63, 3.8) is 0 Å². The van der Waals surface area contributed by atoms with Gasteiger partial charge in [-0.05, 0) is 17.6 Å². The van der Waals surface area contributed by atoms with Crippen molar-refractivity contribution in [1.82, 2.24) is 4.37 Å². The Hall–Kier alpha value is -1.95. The van der Waals surface area contributed by atoms with Crippen LogP contribution in [0.1, 0.15) is 0 Å². The number of hydrogen-bond donors (Lipinski definition) is 0. The van der Waals surface area contributed by atoms with E-state index in [4.69, 9.17) is 4.74 Å². The molecular weight excluding hydrogens is 228 g/mol. The van der Waals surface area contributed by atoms with E-state index in [-0.39, 0.29) is 5.69 Å². The molecule has 16 heavy (non-hydrogen) atoms. The minimum atomic E-state index is -0.410. The van der Waals surface area contributed by atoms with Gasteiger partial charge in [-0.3, -0.25) is 10.1 Å². The molecule has 0 N–H and O–H groups in total. The first-order valence-corrected chi connectivity index (χ1v) is 5.30. The van der Waals surface area contributed by atoms with Gasteiger partial charge in [-0.2, -0.15) is 4.37 Å². The zero-order valence-corrected chi connectivity index (χ0v) is 9.23. The second kappa shape index (κ2) is 4.28. The molecule has 0 unspecified atom stereocenters. The van der Waals surface area contributed by atoms with Crippen LogP contribution in [0, 0.1) is 10.1 Å². The van der Waals surface area contributed by atoms with Crippen molar-refractivity contribution in [2.45, 2.75) is 0 Å². The number of ether oxygens (including phenoxy) is 1. The summed E-state index contributed by atoms with van der Waals surface area (Å²) < 4.78 is 9.06. The zero-order valence-electron chi connectivity index (χ0n) is 8.41. The Bertz CT molecular complexity index is 524. The van der Waals surface area contributed by atoms with Crippen molar-refractivity contribution in [2.75, 3.05) is 7.11 Å². The Morgan fingerprint density at radius 2 is 2.12 bits per heavy atom. The highest BCUT2D eigenvalue weighted by atomic mass is 32.1. The van der Waals surface area contributed by atoms with Gasteiger partial charge in [0.25, 0.3) is 5.69 Å². The normalized spacial score (nSPS) is 10.1. The summed E-state index contributed by atoms with van der Waals surface area (Å²) in [7, 11) is 1.49. The first-order chi connectivity index (χ1) is 7.74. The first kappa shape index (κ1) is 10.6. The fourth-order valence-corrected chi connectivity index (χ4v) is 2.07. The zero-order chi connectivity index (χ0) is 11.5. The lowest BCUT2D eigenvalue weighted by molar-refractivity contribution is -0.384. The molecule has 0 atom stereocenters. The summed E-state index contributed by atoms with van der Waals surface area (Å²) in [5, 5.41) is 12.6. The number of nitro groups is 1. The van der Waals surface area contributed by atoms with Crippen LogP contribution < -0.4 is 4.74 Å². The third kappa shape index (κ3) is 1.74. The lowest BCUT2D eigenvalue weighted by Crippen LogP contribution is -1.92. The lowest BCUT2D eigenvalue weighted by Gasteiger charge is -2.02. The molecule has 0 aliphatic carbocycles. The van der Waals surface area contributed by atoms with Crippen molar-refractivity contribution in [3.8, 4) is 17.0 Å². The number of benzene rings is 1. The smallest absolute Gasteiger partial charge is 0.277 e. The first-order valence-electron chi connectivity index (χ1n) is 4.46. The van der Waals surface area contributed by atoms with Crippen LogP contribution in [0.4, 0.5) is 5.69 Å². The SMILES string of the molecule is COc1nscc1-c1ccccc1[N+](=O)[O-].